The molecule has 2 unspecified atom stereocenters. The van der Waals surface area contributed by atoms with Gasteiger partial charge in [0.25, 0.3) is 0 Å². The molecule has 2 rings (SSSR count). The lowest BCUT2D eigenvalue weighted by molar-refractivity contribution is 0.131. The average molecular weight is 276 g/mol. The van der Waals surface area contributed by atoms with Crippen LogP contribution in [0.2, 0.25) is 0 Å². The fourth-order valence-corrected chi connectivity index (χ4v) is 3.28. The van der Waals surface area contributed by atoms with Crippen LogP contribution in [0.4, 0.5) is 0 Å². The predicted molar refractivity (Wildman–Crippen MR) is 84.0 cm³/mol. The molecule has 1 aromatic carbocycles. The molecule has 1 saturated heterocycles. The van der Waals surface area contributed by atoms with Gasteiger partial charge in [-0.25, -0.2) is 0 Å². The molecule has 0 aliphatic carbocycles. The molecule has 1 heterocycles. The number of ether oxygens (including phenoxy) is 1. The number of para-hydroxylation sites is 1. The number of nitrogens with zero attached hydrogens (tertiary/aromatic N) is 1. The molecule has 3 nitrogen and oxygen atoms in total. The number of benzene rings is 1. The SMILES string of the molecule is CCCC1CCCCN1CC(N)c1ccccc1OC. The molecule has 112 valence electrons. The van der Waals surface area contributed by atoms with Gasteiger partial charge in [0.15, 0.2) is 0 Å². The number of rotatable bonds is 6. The second-order valence-electron chi connectivity index (χ2n) is 5.78. The van der Waals surface area contributed by atoms with E-state index in [0.29, 0.717) is 0 Å². The van der Waals surface area contributed by atoms with Gasteiger partial charge in [0.1, 0.15) is 5.75 Å². The van der Waals surface area contributed by atoms with Crippen LogP contribution in [0.25, 0.3) is 0 Å². The van der Waals surface area contributed by atoms with Crippen molar-refractivity contribution in [3.8, 4) is 5.75 Å². The summed E-state index contributed by atoms with van der Waals surface area (Å²) in [5, 5.41) is 0. The summed E-state index contributed by atoms with van der Waals surface area (Å²) in [5.41, 5.74) is 7.56. The Morgan fingerprint density at radius 1 is 1.35 bits per heavy atom. The number of nitrogens with two attached hydrogens (primary N) is 1. The Morgan fingerprint density at radius 2 is 2.15 bits per heavy atom. The maximum atomic E-state index is 6.44. The van der Waals surface area contributed by atoms with Gasteiger partial charge in [0.2, 0.25) is 0 Å². The van der Waals surface area contributed by atoms with E-state index in [-0.39, 0.29) is 6.04 Å². The molecule has 20 heavy (non-hydrogen) atoms. The van der Waals surface area contributed by atoms with Gasteiger partial charge in [-0.05, 0) is 31.9 Å². The first-order chi connectivity index (χ1) is 9.76. The second kappa shape index (κ2) is 7.65. The zero-order valence-corrected chi connectivity index (χ0v) is 12.8. The number of piperidine rings is 1. The molecule has 2 N–H and O–H groups in total. The monoisotopic (exact) mass is 276 g/mol. The summed E-state index contributed by atoms with van der Waals surface area (Å²) in [6.45, 7) is 4.39. The van der Waals surface area contributed by atoms with E-state index in [9.17, 15) is 0 Å². The van der Waals surface area contributed by atoms with E-state index in [2.05, 4.69) is 17.9 Å². The van der Waals surface area contributed by atoms with Crippen molar-refractivity contribution in [2.75, 3.05) is 20.2 Å². The van der Waals surface area contributed by atoms with Crippen LogP contribution in [-0.4, -0.2) is 31.1 Å². The van der Waals surface area contributed by atoms with Crippen molar-refractivity contribution < 1.29 is 4.74 Å². The van der Waals surface area contributed by atoms with Gasteiger partial charge in [-0.3, -0.25) is 4.90 Å². The van der Waals surface area contributed by atoms with Gasteiger partial charge in [-0.2, -0.15) is 0 Å². The standard InChI is InChI=1S/C17H28N2O/c1-3-8-14-9-6-7-12-19(14)13-16(18)15-10-4-5-11-17(15)20-2/h4-5,10-11,14,16H,3,6-9,12-13,18H2,1-2H3. The third kappa shape index (κ3) is 3.74. The lowest BCUT2D eigenvalue weighted by atomic mass is 9.96. The first kappa shape index (κ1) is 15.3. The molecule has 1 aliphatic rings. The van der Waals surface area contributed by atoms with Crippen LogP contribution < -0.4 is 10.5 Å². The van der Waals surface area contributed by atoms with Gasteiger partial charge in [0, 0.05) is 24.2 Å². The zero-order valence-electron chi connectivity index (χ0n) is 12.8. The third-order valence-electron chi connectivity index (χ3n) is 4.34. The Hall–Kier alpha value is -1.06. The highest BCUT2D eigenvalue weighted by Crippen LogP contribution is 2.27. The predicted octanol–water partition coefficient (Wildman–Crippen LogP) is 3.35. The molecule has 1 aromatic rings. The summed E-state index contributed by atoms with van der Waals surface area (Å²) in [7, 11) is 1.71. The minimum Gasteiger partial charge on any atom is -0.496 e. The molecule has 1 fully saturated rings. The highest BCUT2D eigenvalue weighted by molar-refractivity contribution is 5.35. The van der Waals surface area contributed by atoms with Crippen molar-refractivity contribution >= 4 is 0 Å². The van der Waals surface area contributed by atoms with Gasteiger partial charge in [0.05, 0.1) is 7.11 Å². The summed E-state index contributed by atoms with van der Waals surface area (Å²) in [4.78, 5) is 2.59. The molecule has 0 bridgehead atoms. The van der Waals surface area contributed by atoms with Crippen LogP contribution in [0.15, 0.2) is 24.3 Å². The highest BCUT2D eigenvalue weighted by Gasteiger charge is 2.24. The molecule has 0 radical (unpaired) electrons. The van der Waals surface area contributed by atoms with Gasteiger partial charge in [-0.1, -0.05) is 38.0 Å². The highest BCUT2D eigenvalue weighted by atomic mass is 16.5. The number of methoxy groups -OCH3 is 1. The van der Waals surface area contributed by atoms with E-state index >= 15 is 0 Å². The third-order valence-corrected chi connectivity index (χ3v) is 4.34. The summed E-state index contributed by atoms with van der Waals surface area (Å²) in [5.74, 6) is 0.907. The number of hydrogen-bond acceptors (Lipinski definition) is 3. The van der Waals surface area contributed by atoms with E-state index < -0.39 is 0 Å². The zero-order chi connectivity index (χ0) is 14.4. The lowest BCUT2D eigenvalue weighted by Gasteiger charge is -2.37. The minimum atomic E-state index is 0.0311. The van der Waals surface area contributed by atoms with Crippen molar-refractivity contribution in [2.45, 2.75) is 51.1 Å². The van der Waals surface area contributed by atoms with Gasteiger partial charge >= 0.3 is 0 Å². The van der Waals surface area contributed by atoms with Crippen LogP contribution in [0, 0.1) is 0 Å². The summed E-state index contributed by atoms with van der Waals surface area (Å²) in [6.07, 6.45) is 6.54. The fourth-order valence-electron chi connectivity index (χ4n) is 3.28. The Balaban J connectivity index is 2.03. The quantitative estimate of drug-likeness (QED) is 0.866. The second-order valence-corrected chi connectivity index (χ2v) is 5.78. The molecular formula is C17H28N2O. The number of likely N-dealkylation sites (tertiary alicyclic amines) is 1. The lowest BCUT2D eigenvalue weighted by Crippen LogP contribution is -2.43. The van der Waals surface area contributed by atoms with E-state index in [1.54, 1.807) is 7.11 Å². The van der Waals surface area contributed by atoms with E-state index in [4.69, 9.17) is 10.5 Å². The van der Waals surface area contributed by atoms with Crippen LogP contribution >= 0.6 is 0 Å². The maximum absolute atomic E-state index is 6.44. The average Bonchev–Trinajstić information content (AvgIpc) is 2.49. The summed E-state index contributed by atoms with van der Waals surface area (Å²) < 4.78 is 5.43. The Morgan fingerprint density at radius 3 is 2.90 bits per heavy atom. The maximum Gasteiger partial charge on any atom is 0.123 e. The summed E-state index contributed by atoms with van der Waals surface area (Å²) in [6, 6.07) is 8.86. The molecule has 2 atom stereocenters. The van der Waals surface area contributed by atoms with Crippen molar-refractivity contribution in [2.24, 2.45) is 5.73 Å². The molecular weight excluding hydrogens is 248 g/mol. The molecule has 0 amide bonds. The first-order valence-electron chi connectivity index (χ1n) is 7.88. The van der Waals surface area contributed by atoms with Crippen molar-refractivity contribution in [1.29, 1.82) is 0 Å². The normalized spacial score (nSPS) is 21.6. The Labute approximate surface area is 123 Å². The molecule has 0 saturated carbocycles. The first-order valence-corrected chi connectivity index (χ1v) is 7.88. The Bertz CT molecular complexity index is 406. The van der Waals surface area contributed by atoms with Gasteiger partial charge < -0.3 is 10.5 Å². The summed E-state index contributed by atoms with van der Waals surface area (Å²) >= 11 is 0. The topological polar surface area (TPSA) is 38.5 Å². The minimum absolute atomic E-state index is 0.0311. The van der Waals surface area contributed by atoms with Crippen molar-refractivity contribution in [1.82, 2.24) is 4.90 Å². The molecule has 0 spiro atoms. The van der Waals surface area contributed by atoms with E-state index in [1.165, 1.54) is 38.6 Å². The smallest absolute Gasteiger partial charge is 0.123 e. The number of hydrogen-bond donors (Lipinski definition) is 1. The molecule has 1 aliphatic heterocycles. The van der Waals surface area contributed by atoms with Crippen molar-refractivity contribution in [3.63, 3.8) is 0 Å². The van der Waals surface area contributed by atoms with E-state index in [1.807, 2.05) is 18.2 Å². The Kier molecular flexibility index (Phi) is 5.86. The molecule has 0 aromatic heterocycles. The van der Waals surface area contributed by atoms with Crippen molar-refractivity contribution in [3.05, 3.63) is 29.8 Å². The molecule has 3 heteroatoms. The van der Waals surface area contributed by atoms with Crippen LogP contribution in [0.3, 0.4) is 0 Å². The van der Waals surface area contributed by atoms with Crippen LogP contribution in [-0.2, 0) is 0 Å². The fraction of sp³-hybridized carbons (Fsp3) is 0.647. The van der Waals surface area contributed by atoms with Crippen LogP contribution in [0.5, 0.6) is 5.75 Å². The van der Waals surface area contributed by atoms with Crippen LogP contribution in [0.1, 0.15) is 50.6 Å². The van der Waals surface area contributed by atoms with E-state index in [0.717, 1.165) is 23.9 Å². The van der Waals surface area contributed by atoms with Gasteiger partial charge in [-0.15, -0.1) is 0 Å². The largest absolute Gasteiger partial charge is 0.496 e.